The molecule has 0 aromatic heterocycles. The molecule has 106 valence electrons. The third-order valence-corrected chi connectivity index (χ3v) is 3.52. The van der Waals surface area contributed by atoms with Crippen LogP contribution in [0.2, 0.25) is 10.0 Å². The number of anilines is 1. The second kappa shape index (κ2) is 6.25. The van der Waals surface area contributed by atoms with E-state index in [0.29, 0.717) is 17.1 Å². The summed E-state index contributed by atoms with van der Waals surface area (Å²) < 4.78 is 5.16. The van der Waals surface area contributed by atoms with E-state index >= 15 is 0 Å². The first-order valence-electron chi connectivity index (χ1n) is 6.06. The Hall–Kier alpha value is -1.58. The monoisotopic (exact) mass is 311 g/mol. The number of phenolic OH excluding ortho intramolecular Hbond substituents is 1. The molecular formula is C15H15Cl2NO2. The number of rotatable bonds is 4. The van der Waals surface area contributed by atoms with Gasteiger partial charge in [0.05, 0.1) is 12.1 Å². The van der Waals surface area contributed by atoms with Crippen LogP contribution in [0.4, 0.5) is 5.69 Å². The van der Waals surface area contributed by atoms with Crippen molar-refractivity contribution >= 4 is 28.9 Å². The van der Waals surface area contributed by atoms with Crippen molar-refractivity contribution in [1.29, 1.82) is 0 Å². The first kappa shape index (κ1) is 14.8. The van der Waals surface area contributed by atoms with Crippen molar-refractivity contribution in [2.45, 2.75) is 13.5 Å². The zero-order valence-electron chi connectivity index (χ0n) is 11.2. The lowest BCUT2D eigenvalue weighted by molar-refractivity contribution is 0.414. The van der Waals surface area contributed by atoms with Gasteiger partial charge in [-0.05, 0) is 42.8 Å². The summed E-state index contributed by atoms with van der Waals surface area (Å²) in [5, 5.41) is 13.9. The van der Waals surface area contributed by atoms with Gasteiger partial charge < -0.3 is 15.2 Å². The smallest absolute Gasteiger partial charge is 0.139 e. The maximum absolute atomic E-state index is 9.90. The number of hydrogen-bond donors (Lipinski definition) is 2. The van der Waals surface area contributed by atoms with Gasteiger partial charge in [0.2, 0.25) is 0 Å². The number of hydrogen-bond acceptors (Lipinski definition) is 3. The lowest BCUT2D eigenvalue weighted by Crippen LogP contribution is -2.02. The van der Waals surface area contributed by atoms with Crippen molar-refractivity contribution in [1.82, 2.24) is 0 Å². The second-order valence-electron chi connectivity index (χ2n) is 4.43. The predicted molar refractivity (Wildman–Crippen MR) is 83.2 cm³/mol. The number of benzene rings is 2. The van der Waals surface area contributed by atoms with Gasteiger partial charge in [-0.2, -0.15) is 0 Å². The molecule has 0 aliphatic carbocycles. The molecule has 0 bridgehead atoms. The van der Waals surface area contributed by atoms with Crippen molar-refractivity contribution in [2.75, 3.05) is 12.4 Å². The van der Waals surface area contributed by atoms with Crippen LogP contribution in [-0.2, 0) is 6.54 Å². The van der Waals surface area contributed by atoms with Gasteiger partial charge in [-0.3, -0.25) is 0 Å². The number of methoxy groups -OCH3 is 1. The van der Waals surface area contributed by atoms with E-state index in [1.807, 2.05) is 25.1 Å². The van der Waals surface area contributed by atoms with Gasteiger partial charge in [-0.25, -0.2) is 0 Å². The normalized spacial score (nSPS) is 10.4. The maximum Gasteiger partial charge on any atom is 0.139 e. The maximum atomic E-state index is 9.90. The lowest BCUT2D eigenvalue weighted by Gasteiger charge is -2.12. The summed E-state index contributed by atoms with van der Waals surface area (Å²) in [7, 11) is 1.63. The van der Waals surface area contributed by atoms with E-state index in [2.05, 4.69) is 5.32 Å². The van der Waals surface area contributed by atoms with Crippen LogP contribution < -0.4 is 10.1 Å². The Kier molecular flexibility index (Phi) is 4.63. The standard InChI is InChI=1S/C15H15Cl2NO2/c1-9-5-12(20-2)3-4-14(9)18-8-10-6-11(16)7-13(17)15(10)19/h3-7,18-19H,8H2,1-2H3. The number of phenols is 1. The summed E-state index contributed by atoms with van der Waals surface area (Å²) in [6.45, 7) is 2.41. The molecular weight excluding hydrogens is 297 g/mol. The first-order valence-corrected chi connectivity index (χ1v) is 6.82. The van der Waals surface area contributed by atoms with Gasteiger partial charge in [0.25, 0.3) is 0 Å². The summed E-state index contributed by atoms with van der Waals surface area (Å²) in [4.78, 5) is 0. The molecule has 0 amide bonds. The molecule has 0 unspecified atom stereocenters. The molecule has 0 aliphatic rings. The third kappa shape index (κ3) is 3.30. The molecule has 0 atom stereocenters. The van der Waals surface area contributed by atoms with E-state index in [-0.39, 0.29) is 10.8 Å². The zero-order chi connectivity index (χ0) is 14.7. The van der Waals surface area contributed by atoms with E-state index in [0.717, 1.165) is 17.0 Å². The Morgan fingerprint density at radius 3 is 2.60 bits per heavy atom. The molecule has 3 nitrogen and oxygen atoms in total. The van der Waals surface area contributed by atoms with Crippen molar-refractivity contribution in [2.24, 2.45) is 0 Å². The van der Waals surface area contributed by atoms with Crippen LogP contribution in [0.3, 0.4) is 0 Å². The molecule has 0 saturated carbocycles. The Balaban J connectivity index is 2.17. The molecule has 2 aromatic carbocycles. The van der Waals surface area contributed by atoms with E-state index in [1.165, 1.54) is 6.07 Å². The minimum Gasteiger partial charge on any atom is -0.506 e. The van der Waals surface area contributed by atoms with E-state index in [9.17, 15) is 5.11 Å². The number of aryl methyl sites for hydroxylation is 1. The van der Waals surface area contributed by atoms with Gasteiger partial charge in [0, 0.05) is 22.8 Å². The zero-order valence-corrected chi connectivity index (χ0v) is 12.7. The largest absolute Gasteiger partial charge is 0.506 e. The van der Waals surface area contributed by atoms with Crippen molar-refractivity contribution in [3.63, 3.8) is 0 Å². The molecule has 2 rings (SSSR count). The molecule has 0 spiro atoms. The van der Waals surface area contributed by atoms with Crippen LogP contribution in [0.5, 0.6) is 11.5 Å². The van der Waals surface area contributed by atoms with Crippen LogP contribution >= 0.6 is 23.2 Å². The molecule has 0 saturated heterocycles. The average molecular weight is 312 g/mol. The predicted octanol–water partition coefficient (Wildman–Crippen LogP) is 4.63. The van der Waals surface area contributed by atoms with Gasteiger partial charge in [-0.1, -0.05) is 23.2 Å². The van der Waals surface area contributed by atoms with Crippen LogP contribution in [-0.4, -0.2) is 12.2 Å². The number of aromatic hydroxyl groups is 1. The van der Waals surface area contributed by atoms with E-state index < -0.39 is 0 Å². The molecule has 20 heavy (non-hydrogen) atoms. The van der Waals surface area contributed by atoms with Gasteiger partial charge in [0.15, 0.2) is 0 Å². The first-order chi connectivity index (χ1) is 9.51. The summed E-state index contributed by atoms with van der Waals surface area (Å²) in [5.74, 6) is 0.858. The Morgan fingerprint density at radius 2 is 1.95 bits per heavy atom. The van der Waals surface area contributed by atoms with Crippen molar-refractivity contribution in [3.05, 3.63) is 51.5 Å². The summed E-state index contributed by atoms with van der Waals surface area (Å²) in [6, 6.07) is 8.94. The fourth-order valence-electron chi connectivity index (χ4n) is 1.91. The van der Waals surface area contributed by atoms with Crippen molar-refractivity contribution < 1.29 is 9.84 Å². The Labute approximate surface area is 128 Å². The minimum atomic E-state index is 0.0507. The van der Waals surface area contributed by atoms with E-state index in [1.54, 1.807) is 13.2 Å². The molecule has 0 heterocycles. The minimum absolute atomic E-state index is 0.0507. The molecule has 0 aliphatic heterocycles. The Morgan fingerprint density at radius 1 is 1.20 bits per heavy atom. The number of nitrogens with one attached hydrogen (secondary N) is 1. The quantitative estimate of drug-likeness (QED) is 0.865. The van der Waals surface area contributed by atoms with Crippen LogP contribution in [0, 0.1) is 6.92 Å². The van der Waals surface area contributed by atoms with Crippen molar-refractivity contribution in [3.8, 4) is 11.5 Å². The summed E-state index contributed by atoms with van der Waals surface area (Å²) in [6.07, 6.45) is 0. The highest BCUT2D eigenvalue weighted by atomic mass is 35.5. The second-order valence-corrected chi connectivity index (χ2v) is 5.27. The molecule has 0 radical (unpaired) electrons. The highest BCUT2D eigenvalue weighted by molar-refractivity contribution is 6.35. The molecule has 0 fully saturated rings. The molecule has 2 aromatic rings. The average Bonchev–Trinajstić information content (AvgIpc) is 2.42. The Bertz CT molecular complexity index is 630. The lowest BCUT2D eigenvalue weighted by atomic mass is 10.1. The summed E-state index contributed by atoms with van der Waals surface area (Å²) in [5.41, 5.74) is 2.66. The van der Waals surface area contributed by atoms with Gasteiger partial charge in [0.1, 0.15) is 11.5 Å². The van der Waals surface area contributed by atoms with E-state index in [4.69, 9.17) is 27.9 Å². The van der Waals surface area contributed by atoms with Crippen LogP contribution in [0.15, 0.2) is 30.3 Å². The molecule has 2 N–H and O–H groups in total. The molecule has 5 heteroatoms. The fourth-order valence-corrected chi connectivity index (χ4v) is 2.44. The highest BCUT2D eigenvalue weighted by Gasteiger charge is 2.08. The fraction of sp³-hybridized carbons (Fsp3) is 0.200. The van der Waals surface area contributed by atoms with Gasteiger partial charge >= 0.3 is 0 Å². The number of halogens is 2. The summed E-state index contributed by atoms with van der Waals surface area (Å²) >= 11 is 11.8. The van der Waals surface area contributed by atoms with Crippen LogP contribution in [0.25, 0.3) is 0 Å². The third-order valence-electron chi connectivity index (χ3n) is 3.01. The number of ether oxygens (including phenoxy) is 1. The SMILES string of the molecule is COc1ccc(NCc2cc(Cl)cc(Cl)c2O)c(C)c1. The van der Waals surface area contributed by atoms with Gasteiger partial charge in [-0.15, -0.1) is 0 Å². The highest BCUT2D eigenvalue weighted by Crippen LogP contribution is 2.32. The topological polar surface area (TPSA) is 41.5 Å². The van der Waals surface area contributed by atoms with Crippen LogP contribution in [0.1, 0.15) is 11.1 Å².